The zero-order chi connectivity index (χ0) is 17.9. The minimum absolute atomic E-state index is 0.00694. The molecule has 6 nitrogen and oxygen atoms in total. The molecule has 1 fully saturated rings. The number of benzene rings is 1. The highest BCUT2D eigenvalue weighted by Gasteiger charge is 2.25. The average Bonchev–Trinajstić information content (AvgIpc) is 3.12. The number of carbonyl (C=O) groups excluding carboxylic acids is 1. The molecule has 3 rings (SSSR count). The van der Waals surface area contributed by atoms with Gasteiger partial charge >= 0.3 is 0 Å². The van der Waals surface area contributed by atoms with Gasteiger partial charge in [0.15, 0.2) is 0 Å². The second-order valence-electron chi connectivity index (χ2n) is 6.72. The summed E-state index contributed by atoms with van der Waals surface area (Å²) in [4.78, 5) is 12.3. The van der Waals surface area contributed by atoms with Gasteiger partial charge in [-0.15, -0.1) is 0 Å². The molecule has 1 aliphatic heterocycles. The van der Waals surface area contributed by atoms with Crippen molar-refractivity contribution in [3.05, 3.63) is 29.3 Å². The van der Waals surface area contributed by atoms with Crippen molar-refractivity contribution in [2.24, 2.45) is 0 Å². The van der Waals surface area contributed by atoms with Gasteiger partial charge < -0.3 is 9.47 Å². The van der Waals surface area contributed by atoms with Crippen molar-refractivity contribution in [1.82, 2.24) is 4.72 Å². The summed E-state index contributed by atoms with van der Waals surface area (Å²) in [5.41, 5.74) is 2.26. The monoisotopic (exact) mass is 367 g/mol. The number of ether oxygens (including phenoxy) is 2. The Bertz CT molecular complexity index is 725. The molecule has 0 spiro atoms. The predicted octanol–water partition coefficient (Wildman–Crippen LogP) is 1.95. The Kier molecular flexibility index (Phi) is 5.76. The number of rotatable bonds is 6. The zero-order valence-electron chi connectivity index (χ0n) is 14.5. The molecule has 1 aromatic carbocycles. The Labute approximate surface area is 148 Å². The fourth-order valence-corrected chi connectivity index (χ4v) is 4.35. The van der Waals surface area contributed by atoms with E-state index in [1.54, 1.807) is 19.1 Å². The summed E-state index contributed by atoms with van der Waals surface area (Å²) in [7, 11) is -3.89. The Morgan fingerprint density at radius 3 is 2.76 bits per heavy atom. The summed E-state index contributed by atoms with van der Waals surface area (Å²) in [6.45, 7) is 2.56. The first-order chi connectivity index (χ1) is 12.0. The van der Waals surface area contributed by atoms with E-state index < -0.39 is 22.0 Å². The molecular formula is C18H25NO5S. The number of hydrogen-bond donors (Lipinski definition) is 1. The lowest BCUT2D eigenvalue weighted by atomic mass is 9.92. The van der Waals surface area contributed by atoms with Crippen molar-refractivity contribution in [2.45, 2.75) is 62.6 Å². The maximum atomic E-state index is 12.5. The fraction of sp³-hybridized carbons (Fsp3) is 0.611. The average molecular weight is 367 g/mol. The summed E-state index contributed by atoms with van der Waals surface area (Å²) in [6, 6.07) is 5.10. The van der Waals surface area contributed by atoms with E-state index in [1.165, 1.54) is 5.56 Å². The minimum atomic E-state index is -3.89. The minimum Gasteiger partial charge on any atom is -0.376 e. The molecule has 7 heteroatoms. The van der Waals surface area contributed by atoms with Gasteiger partial charge in [-0.05, 0) is 68.7 Å². The fourth-order valence-electron chi connectivity index (χ4n) is 3.25. The molecule has 1 N–H and O–H groups in total. The number of carbonyl (C=O) groups is 1. The van der Waals surface area contributed by atoms with E-state index in [1.807, 2.05) is 6.07 Å². The van der Waals surface area contributed by atoms with Gasteiger partial charge in [-0.25, -0.2) is 13.1 Å². The summed E-state index contributed by atoms with van der Waals surface area (Å²) in [5, 5.41) is 0. The summed E-state index contributed by atoms with van der Waals surface area (Å²) in [5.74, 6) is -0.657. The van der Waals surface area contributed by atoms with E-state index in [0.29, 0.717) is 13.2 Å². The molecular weight excluding hydrogens is 342 g/mol. The van der Waals surface area contributed by atoms with Crippen molar-refractivity contribution >= 4 is 15.9 Å². The zero-order valence-corrected chi connectivity index (χ0v) is 15.3. The van der Waals surface area contributed by atoms with E-state index in [0.717, 1.165) is 44.1 Å². The molecule has 2 atom stereocenters. The molecule has 0 aromatic heterocycles. The summed E-state index contributed by atoms with van der Waals surface area (Å²) >= 11 is 0. The van der Waals surface area contributed by atoms with E-state index in [2.05, 4.69) is 4.72 Å². The van der Waals surface area contributed by atoms with Crippen LogP contribution in [0.4, 0.5) is 0 Å². The van der Waals surface area contributed by atoms with Crippen LogP contribution in [0, 0.1) is 0 Å². The lowest BCUT2D eigenvalue weighted by molar-refractivity contribution is -0.131. The van der Waals surface area contributed by atoms with Gasteiger partial charge in [-0.2, -0.15) is 0 Å². The largest absolute Gasteiger partial charge is 0.376 e. The van der Waals surface area contributed by atoms with Crippen LogP contribution < -0.4 is 4.72 Å². The van der Waals surface area contributed by atoms with Crippen LogP contribution in [0.25, 0.3) is 0 Å². The number of amides is 1. The lowest BCUT2D eigenvalue weighted by Gasteiger charge is -2.18. The summed E-state index contributed by atoms with van der Waals surface area (Å²) in [6.07, 6.45) is 5.10. The number of fused-ring (bicyclic) bond motifs is 1. The van der Waals surface area contributed by atoms with Crippen molar-refractivity contribution in [3.8, 4) is 0 Å². The topological polar surface area (TPSA) is 81.7 Å². The predicted molar refractivity (Wildman–Crippen MR) is 92.8 cm³/mol. The van der Waals surface area contributed by atoms with Crippen LogP contribution in [-0.2, 0) is 37.1 Å². The Morgan fingerprint density at radius 2 is 2.04 bits per heavy atom. The molecule has 1 heterocycles. The van der Waals surface area contributed by atoms with Gasteiger partial charge in [-0.1, -0.05) is 6.07 Å². The normalized spacial score (nSPS) is 21.6. The molecule has 1 saturated heterocycles. The number of sulfonamides is 1. The quantitative estimate of drug-likeness (QED) is 0.831. The van der Waals surface area contributed by atoms with Crippen LogP contribution in [0.3, 0.4) is 0 Å². The van der Waals surface area contributed by atoms with Crippen LogP contribution in [-0.4, -0.2) is 39.7 Å². The van der Waals surface area contributed by atoms with E-state index in [-0.39, 0.29) is 11.0 Å². The van der Waals surface area contributed by atoms with Crippen LogP contribution in [0.2, 0.25) is 0 Å². The van der Waals surface area contributed by atoms with Gasteiger partial charge in [-0.3, -0.25) is 4.79 Å². The molecule has 1 aromatic rings. The third-order valence-corrected chi connectivity index (χ3v) is 6.14. The van der Waals surface area contributed by atoms with Crippen molar-refractivity contribution < 1.29 is 22.7 Å². The highest BCUT2D eigenvalue weighted by Crippen LogP contribution is 2.24. The molecule has 25 heavy (non-hydrogen) atoms. The van der Waals surface area contributed by atoms with Crippen molar-refractivity contribution in [2.75, 3.05) is 13.2 Å². The van der Waals surface area contributed by atoms with E-state index >= 15 is 0 Å². The van der Waals surface area contributed by atoms with Crippen LogP contribution in [0.15, 0.2) is 23.1 Å². The summed E-state index contributed by atoms with van der Waals surface area (Å²) < 4.78 is 38.0. The van der Waals surface area contributed by atoms with Crippen molar-refractivity contribution in [3.63, 3.8) is 0 Å². The smallest absolute Gasteiger partial charge is 0.264 e. The highest BCUT2D eigenvalue weighted by atomic mass is 32.2. The molecule has 0 radical (unpaired) electrons. The second kappa shape index (κ2) is 7.85. The molecule has 1 aliphatic carbocycles. The van der Waals surface area contributed by atoms with Gasteiger partial charge in [0, 0.05) is 6.61 Å². The maximum absolute atomic E-state index is 12.5. The number of hydrogen-bond acceptors (Lipinski definition) is 5. The highest BCUT2D eigenvalue weighted by molar-refractivity contribution is 7.90. The molecule has 0 saturated carbocycles. The van der Waals surface area contributed by atoms with E-state index in [9.17, 15) is 13.2 Å². The molecule has 2 aliphatic rings. The lowest BCUT2D eigenvalue weighted by Crippen LogP contribution is -2.39. The number of aryl methyl sites for hydroxylation is 2. The Balaban J connectivity index is 1.61. The van der Waals surface area contributed by atoms with Gasteiger partial charge in [0.2, 0.25) is 0 Å². The Morgan fingerprint density at radius 1 is 1.28 bits per heavy atom. The molecule has 1 amide bonds. The Hall–Kier alpha value is -1.44. The molecule has 0 bridgehead atoms. The first-order valence-corrected chi connectivity index (χ1v) is 10.4. The third kappa shape index (κ3) is 4.59. The molecule has 138 valence electrons. The van der Waals surface area contributed by atoms with Crippen molar-refractivity contribution in [1.29, 1.82) is 0 Å². The SMILES string of the molecule is C[C@H](OC[C@@H]1CCCO1)C(=O)NS(=O)(=O)c1ccc2c(c1)CCCC2. The van der Waals surface area contributed by atoms with Crippen LogP contribution in [0.1, 0.15) is 43.7 Å². The van der Waals surface area contributed by atoms with Gasteiger partial charge in [0.25, 0.3) is 15.9 Å². The standard InChI is InChI=1S/C18H25NO5S/c1-13(24-12-16-7-4-10-23-16)18(20)19-25(21,22)17-9-8-14-5-2-3-6-15(14)11-17/h8-9,11,13,16H,2-7,10,12H2,1H3,(H,19,20)/t13-,16-/m0/s1. The van der Waals surface area contributed by atoms with Gasteiger partial charge in [0.05, 0.1) is 17.6 Å². The number of nitrogens with one attached hydrogen (secondary N) is 1. The maximum Gasteiger partial charge on any atom is 0.264 e. The first-order valence-electron chi connectivity index (χ1n) is 8.87. The van der Waals surface area contributed by atoms with Crippen LogP contribution >= 0.6 is 0 Å². The second-order valence-corrected chi connectivity index (χ2v) is 8.40. The van der Waals surface area contributed by atoms with Crippen LogP contribution in [0.5, 0.6) is 0 Å². The van der Waals surface area contributed by atoms with E-state index in [4.69, 9.17) is 9.47 Å². The molecule has 0 unspecified atom stereocenters. The third-order valence-electron chi connectivity index (χ3n) is 4.79. The first kappa shape index (κ1) is 18.4. The van der Waals surface area contributed by atoms with Gasteiger partial charge in [0.1, 0.15) is 6.10 Å².